The highest BCUT2D eigenvalue weighted by atomic mass is 16.3. The molecule has 0 spiro atoms. The van der Waals surface area contributed by atoms with Crippen LogP contribution in [0.5, 0.6) is 0 Å². The van der Waals surface area contributed by atoms with E-state index in [4.69, 9.17) is 24.4 Å². The van der Waals surface area contributed by atoms with E-state index in [1.54, 1.807) is 0 Å². The number of hydrogen-bond donors (Lipinski definition) is 0. The molecule has 0 aliphatic rings. The van der Waals surface area contributed by atoms with Crippen LogP contribution in [-0.2, 0) is 0 Å². The molecule has 7 heteroatoms. The Hall–Kier alpha value is -8.16. The predicted molar refractivity (Wildman–Crippen MR) is 238 cm³/mol. The molecule has 12 aromatic rings. The van der Waals surface area contributed by atoms with E-state index in [9.17, 15) is 0 Å². The van der Waals surface area contributed by atoms with Crippen molar-refractivity contribution < 1.29 is 4.42 Å². The van der Waals surface area contributed by atoms with Gasteiger partial charge in [-0.3, -0.25) is 4.57 Å². The SMILES string of the molecule is c1ccc(-c2ccc(-n3c4ccccc4c4ccc5c6ccccc6n(-c6nc(-c7ccccc7)nc(-c7ccc8nc(-c9ccccc9)oc8c7)n6)c5c43)cc2)cc1. The van der Waals surface area contributed by atoms with Crippen LogP contribution >= 0.6 is 0 Å². The lowest BCUT2D eigenvalue weighted by atomic mass is 10.1. The van der Waals surface area contributed by atoms with E-state index < -0.39 is 0 Å². The second-order valence-electron chi connectivity index (χ2n) is 14.7. The number of rotatable bonds is 6. The van der Waals surface area contributed by atoms with Crippen LogP contribution in [0.1, 0.15) is 0 Å². The fourth-order valence-corrected chi connectivity index (χ4v) is 8.49. The molecule has 0 amide bonds. The standard InChI is InChI=1S/C52H32N6O/c1-4-14-33(15-5-1)34-24-27-38(28-25-34)57-44-22-12-10-20-39(44)41-29-30-42-40-21-11-13-23-45(40)58(48(42)47(41)57)52-55-49(35-16-6-2-7-17-35)54-50(56-52)37-26-31-43-46(32-37)59-51(53-43)36-18-8-3-9-19-36/h1-32H. The first-order valence-electron chi connectivity index (χ1n) is 19.6. The Kier molecular flexibility index (Phi) is 7.40. The summed E-state index contributed by atoms with van der Waals surface area (Å²) in [4.78, 5) is 20.5. The Balaban J connectivity index is 1.14. The number of nitrogens with zero attached hydrogens (tertiary/aromatic N) is 6. The van der Waals surface area contributed by atoms with Crippen molar-refractivity contribution in [2.45, 2.75) is 0 Å². The van der Waals surface area contributed by atoms with Crippen molar-refractivity contribution >= 4 is 54.7 Å². The van der Waals surface area contributed by atoms with E-state index in [1.807, 2.05) is 78.9 Å². The molecule has 4 heterocycles. The molecule has 0 atom stereocenters. The van der Waals surface area contributed by atoms with Gasteiger partial charge in [-0.05, 0) is 65.7 Å². The van der Waals surface area contributed by atoms with Crippen LogP contribution < -0.4 is 0 Å². The lowest BCUT2D eigenvalue weighted by molar-refractivity contribution is 0.620. The molecule has 0 fully saturated rings. The number of para-hydroxylation sites is 2. The first-order chi connectivity index (χ1) is 29.2. The predicted octanol–water partition coefficient (Wildman–Crippen LogP) is 12.9. The number of benzene rings is 8. The van der Waals surface area contributed by atoms with Crippen LogP contribution in [0, 0.1) is 0 Å². The first kappa shape index (κ1) is 33.0. The fraction of sp³-hybridized carbons (Fsp3) is 0. The van der Waals surface area contributed by atoms with Crippen LogP contribution in [0.3, 0.4) is 0 Å². The summed E-state index contributed by atoms with van der Waals surface area (Å²) in [7, 11) is 0. The molecule has 12 rings (SSSR count). The quantitative estimate of drug-likeness (QED) is 0.169. The average Bonchev–Trinajstić information content (AvgIpc) is 4.00. The Morgan fingerprint density at radius 2 is 0.864 bits per heavy atom. The van der Waals surface area contributed by atoms with Crippen molar-refractivity contribution in [3.05, 3.63) is 194 Å². The summed E-state index contributed by atoms with van der Waals surface area (Å²) < 4.78 is 10.9. The molecule has 0 saturated heterocycles. The summed E-state index contributed by atoms with van der Waals surface area (Å²) in [5, 5.41) is 4.54. The van der Waals surface area contributed by atoms with Crippen molar-refractivity contribution in [3.8, 4) is 57.0 Å². The van der Waals surface area contributed by atoms with Gasteiger partial charge in [0.25, 0.3) is 0 Å². The highest BCUT2D eigenvalue weighted by molar-refractivity contribution is 6.23. The molecule has 0 radical (unpaired) electrons. The highest BCUT2D eigenvalue weighted by Gasteiger charge is 2.24. The van der Waals surface area contributed by atoms with Gasteiger partial charge in [-0.25, -0.2) is 9.97 Å². The van der Waals surface area contributed by atoms with Gasteiger partial charge >= 0.3 is 0 Å². The number of oxazole rings is 1. The maximum atomic E-state index is 6.32. The smallest absolute Gasteiger partial charge is 0.238 e. The summed E-state index contributed by atoms with van der Waals surface area (Å²) >= 11 is 0. The largest absolute Gasteiger partial charge is 0.436 e. The lowest BCUT2D eigenvalue weighted by Gasteiger charge is -2.13. The molecule has 0 unspecified atom stereocenters. The number of aromatic nitrogens is 6. The molecule has 0 saturated carbocycles. The summed E-state index contributed by atoms with van der Waals surface area (Å²) in [6.45, 7) is 0. The van der Waals surface area contributed by atoms with Gasteiger partial charge in [-0.2, -0.15) is 9.97 Å². The van der Waals surface area contributed by atoms with E-state index in [-0.39, 0.29) is 0 Å². The van der Waals surface area contributed by atoms with Crippen LogP contribution in [0.25, 0.3) is 112 Å². The minimum Gasteiger partial charge on any atom is -0.436 e. The maximum absolute atomic E-state index is 6.32. The average molecular weight is 757 g/mol. The van der Waals surface area contributed by atoms with Crippen molar-refractivity contribution in [2.75, 3.05) is 0 Å². The van der Waals surface area contributed by atoms with Gasteiger partial charge in [-0.1, -0.05) is 140 Å². The van der Waals surface area contributed by atoms with Crippen LogP contribution in [0.4, 0.5) is 0 Å². The Labute approximate surface area is 338 Å². The van der Waals surface area contributed by atoms with Crippen LogP contribution in [0.15, 0.2) is 199 Å². The summed E-state index contributed by atoms with van der Waals surface area (Å²) in [5.74, 6) is 2.19. The van der Waals surface area contributed by atoms with Gasteiger partial charge in [0.2, 0.25) is 11.8 Å². The summed E-state index contributed by atoms with van der Waals surface area (Å²) in [6, 6.07) is 67.0. The molecule has 0 N–H and O–H groups in total. The molecule has 0 bridgehead atoms. The minimum absolute atomic E-state index is 0.520. The van der Waals surface area contributed by atoms with Gasteiger partial charge in [0.1, 0.15) is 5.52 Å². The Morgan fingerprint density at radius 1 is 0.356 bits per heavy atom. The molecule has 0 aliphatic carbocycles. The zero-order chi connectivity index (χ0) is 38.9. The summed E-state index contributed by atoms with van der Waals surface area (Å²) in [6.07, 6.45) is 0. The zero-order valence-electron chi connectivity index (χ0n) is 31.6. The highest BCUT2D eigenvalue weighted by Crippen LogP contribution is 2.42. The van der Waals surface area contributed by atoms with E-state index >= 15 is 0 Å². The van der Waals surface area contributed by atoms with Gasteiger partial charge in [0.15, 0.2) is 17.2 Å². The second kappa shape index (κ2) is 13.2. The lowest BCUT2D eigenvalue weighted by Crippen LogP contribution is -2.07. The van der Waals surface area contributed by atoms with Gasteiger partial charge in [0, 0.05) is 43.9 Å². The van der Waals surface area contributed by atoms with Crippen molar-refractivity contribution in [1.29, 1.82) is 0 Å². The monoisotopic (exact) mass is 756 g/mol. The van der Waals surface area contributed by atoms with Crippen LogP contribution in [-0.4, -0.2) is 29.1 Å². The first-order valence-corrected chi connectivity index (χ1v) is 19.6. The fourth-order valence-electron chi connectivity index (χ4n) is 8.49. The minimum atomic E-state index is 0.520. The molecular formula is C52H32N6O. The molecule has 7 nitrogen and oxygen atoms in total. The van der Waals surface area contributed by atoms with Crippen LogP contribution in [0.2, 0.25) is 0 Å². The van der Waals surface area contributed by atoms with E-state index in [2.05, 4.69) is 124 Å². The molecule has 59 heavy (non-hydrogen) atoms. The molecule has 0 aliphatic heterocycles. The molecule has 8 aromatic carbocycles. The molecular weight excluding hydrogens is 725 g/mol. The van der Waals surface area contributed by atoms with Gasteiger partial charge < -0.3 is 8.98 Å². The summed E-state index contributed by atoms with van der Waals surface area (Å²) in [5.41, 5.74) is 11.7. The van der Waals surface area contributed by atoms with Crippen molar-refractivity contribution in [2.24, 2.45) is 0 Å². The third-order valence-electron chi connectivity index (χ3n) is 11.2. The van der Waals surface area contributed by atoms with E-state index in [0.717, 1.165) is 66.1 Å². The topological polar surface area (TPSA) is 74.6 Å². The number of hydrogen-bond acceptors (Lipinski definition) is 5. The second-order valence-corrected chi connectivity index (χ2v) is 14.7. The van der Waals surface area contributed by atoms with Crippen molar-refractivity contribution in [1.82, 2.24) is 29.1 Å². The van der Waals surface area contributed by atoms with Gasteiger partial charge in [-0.15, -0.1) is 0 Å². The number of fused-ring (bicyclic) bond motifs is 8. The van der Waals surface area contributed by atoms with E-state index in [0.29, 0.717) is 29.1 Å². The van der Waals surface area contributed by atoms with Crippen molar-refractivity contribution in [3.63, 3.8) is 0 Å². The normalized spacial score (nSPS) is 11.7. The van der Waals surface area contributed by atoms with E-state index in [1.165, 1.54) is 16.5 Å². The van der Waals surface area contributed by atoms with Gasteiger partial charge in [0.05, 0.1) is 22.1 Å². The third kappa shape index (κ3) is 5.36. The zero-order valence-corrected chi connectivity index (χ0v) is 31.6. The Bertz CT molecular complexity index is 3530. The Morgan fingerprint density at radius 3 is 1.53 bits per heavy atom. The third-order valence-corrected chi connectivity index (χ3v) is 11.2. The maximum Gasteiger partial charge on any atom is 0.238 e. The molecule has 4 aromatic heterocycles. The molecule has 276 valence electrons.